The summed E-state index contributed by atoms with van der Waals surface area (Å²) in [4.78, 5) is 35.6. The summed E-state index contributed by atoms with van der Waals surface area (Å²) in [6.45, 7) is 1.59. The Hall–Kier alpha value is -4.80. The van der Waals surface area contributed by atoms with Crippen LogP contribution in [0.15, 0.2) is 67.0 Å². The number of rotatable bonds is 8. The fourth-order valence-corrected chi connectivity index (χ4v) is 3.06. The van der Waals surface area contributed by atoms with Crippen LogP contribution in [0.1, 0.15) is 5.69 Å². The topological polar surface area (TPSA) is 144 Å². The summed E-state index contributed by atoms with van der Waals surface area (Å²) in [6, 6.07) is 17.9. The first-order valence-electron chi connectivity index (χ1n) is 9.87. The number of hydrazine groups is 1. The highest BCUT2D eigenvalue weighted by atomic mass is 16.6. The van der Waals surface area contributed by atoms with E-state index in [0.29, 0.717) is 11.4 Å². The van der Waals surface area contributed by atoms with Crippen LogP contribution in [0, 0.1) is 17.0 Å². The molecule has 0 unspecified atom stereocenters. The number of amides is 1. The molecule has 0 radical (unpaired) electrons. The Morgan fingerprint density at radius 3 is 2.61 bits per heavy atom. The summed E-state index contributed by atoms with van der Waals surface area (Å²) in [6.07, 6.45) is 1.15. The van der Waals surface area contributed by atoms with E-state index >= 15 is 0 Å². The molecule has 0 fully saturated rings. The molecule has 166 valence electrons. The number of carbonyl (C=O) groups excluding carboxylic acids is 1. The van der Waals surface area contributed by atoms with Crippen molar-refractivity contribution in [2.75, 3.05) is 17.3 Å². The molecule has 0 spiro atoms. The van der Waals surface area contributed by atoms with Crippen molar-refractivity contribution in [3.05, 3.63) is 82.8 Å². The smallest absolute Gasteiger partial charge is 0.355 e. The minimum absolute atomic E-state index is 0.0413. The highest BCUT2D eigenvalue weighted by Gasteiger charge is 2.24. The normalized spacial score (nSPS) is 10.5. The molecule has 2 aromatic heterocycles. The van der Waals surface area contributed by atoms with E-state index < -0.39 is 16.5 Å². The number of anilines is 3. The van der Waals surface area contributed by atoms with Gasteiger partial charge >= 0.3 is 5.69 Å². The molecular weight excluding hydrogens is 426 g/mol. The second-order valence-corrected chi connectivity index (χ2v) is 6.90. The molecule has 0 saturated carbocycles. The molecule has 0 aliphatic carbocycles. The van der Waals surface area contributed by atoms with Gasteiger partial charge in [-0.2, -0.15) is 0 Å². The third-order valence-electron chi connectivity index (χ3n) is 4.56. The van der Waals surface area contributed by atoms with E-state index in [1.54, 1.807) is 36.4 Å². The van der Waals surface area contributed by atoms with E-state index in [1.165, 1.54) is 0 Å². The Morgan fingerprint density at radius 1 is 1.03 bits per heavy atom. The van der Waals surface area contributed by atoms with Gasteiger partial charge in [0, 0.05) is 16.8 Å². The summed E-state index contributed by atoms with van der Waals surface area (Å²) in [5.41, 5.74) is 6.57. The summed E-state index contributed by atoms with van der Waals surface area (Å²) in [7, 11) is 0. The number of benzene rings is 2. The van der Waals surface area contributed by atoms with Crippen molar-refractivity contribution in [1.82, 2.24) is 20.4 Å². The lowest BCUT2D eigenvalue weighted by Gasteiger charge is -2.12. The predicted molar refractivity (Wildman–Crippen MR) is 122 cm³/mol. The van der Waals surface area contributed by atoms with Gasteiger partial charge < -0.3 is 10.1 Å². The first-order chi connectivity index (χ1) is 16.0. The number of aryl methyl sites for hydroxylation is 1. The fraction of sp³-hybridized carbons (Fsp3) is 0.0909. The van der Waals surface area contributed by atoms with Gasteiger partial charge in [-0.25, -0.2) is 9.97 Å². The number of aromatic nitrogens is 3. The van der Waals surface area contributed by atoms with Gasteiger partial charge in [-0.05, 0) is 43.3 Å². The van der Waals surface area contributed by atoms with Gasteiger partial charge in [0.15, 0.2) is 6.61 Å². The van der Waals surface area contributed by atoms with Crippen molar-refractivity contribution in [2.24, 2.45) is 0 Å². The molecule has 2 aromatic carbocycles. The molecule has 4 aromatic rings. The van der Waals surface area contributed by atoms with Crippen molar-refractivity contribution in [2.45, 2.75) is 6.92 Å². The molecule has 0 bridgehead atoms. The molecule has 3 N–H and O–H groups in total. The van der Waals surface area contributed by atoms with Crippen LogP contribution in [0.5, 0.6) is 5.75 Å². The van der Waals surface area contributed by atoms with Crippen LogP contribution in [0.2, 0.25) is 0 Å². The lowest BCUT2D eigenvalue weighted by molar-refractivity contribution is -0.383. The summed E-state index contributed by atoms with van der Waals surface area (Å²) < 4.78 is 5.35. The van der Waals surface area contributed by atoms with Crippen molar-refractivity contribution in [3.63, 3.8) is 0 Å². The molecular formula is C22H19N7O4. The largest absolute Gasteiger partial charge is 0.484 e. The Morgan fingerprint density at radius 2 is 1.82 bits per heavy atom. The highest BCUT2D eigenvalue weighted by molar-refractivity contribution is 5.94. The molecule has 0 aliphatic heterocycles. The molecule has 1 amide bonds. The van der Waals surface area contributed by atoms with Crippen molar-refractivity contribution in [3.8, 4) is 5.75 Å². The van der Waals surface area contributed by atoms with Crippen LogP contribution in [-0.4, -0.2) is 32.4 Å². The Balaban J connectivity index is 1.52. The number of fused-ring (bicyclic) bond motifs is 1. The predicted octanol–water partition coefficient (Wildman–Crippen LogP) is 3.51. The number of hydrogen-bond acceptors (Lipinski definition) is 9. The molecule has 33 heavy (non-hydrogen) atoms. The lowest BCUT2D eigenvalue weighted by Crippen LogP contribution is -2.34. The molecule has 0 aliphatic rings. The summed E-state index contributed by atoms with van der Waals surface area (Å²) >= 11 is 0. The molecule has 0 saturated heterocycles. The monoisotopic (exact) mass is 445 g/mol. The first-order valence-corrected chi connectivity index (χ1v) is 9.87. The number of nitrogens with one attached hydrogen (secondary N) is 3. The standard InChI is InChI=1S/C22H19N7O4/c1-14-10-11-16-17(25-14)8-5-9-18(16)26-21-20(29(31)32)22(24-13-23-21)28-27-19(30)12-33-15-6-3-2-4-7-15/h2-11,13H,12H2,1H3,(H,27,30)(H2,23,24,26,28). The Bertz CT molecular complexity index is 1310. The molecule has 2 heterocycles. The third-order valence-corrected chi connectivity index (χ3v) is 4.56. The second kappa shape index (κ2) is 9.56. The van der Waals surface area contributed by atoms with Gasteiger partial charge in [0.2, 0.25) is 11.6 Å². The van der Waals surface area contributed by atoms with Gasteiger partial charge in [-0.3, -0.25) is 30.7 Å². The number of ether oxygens (including phenoxy) is 1. The average Bonchev–Trinajstić information content (AvgIpc) is 2.82. The van der Waals surface area contributed by atoms with Gasteiger partial charge in [0.05, 0.1) is 10.4 Å². The van der Waals surface area contributed by atoms with Crippen LogP contribution < -0.4 is 20.9 Å². The molecule has 4 rings (SSSR count). The number of para-hydroxylation sites is 1. The van der Waals surface area contributed by atoms with Crippen LogP contribution in [-0.2, 0) is 4.79 Å². The molecule has 11 nitrogen and oxygen atoms in total. The van der Waals surface area contributed by atoms with Crippen LogP contribution in [0.4, 0.5) is 23.0 Å². The van der Waals surface area contributed by atoms with E-state index in [4.69, 9.17) is 4.74 Å². The number of hydrogen-bond donors (Lipinski definition) is 3. The number of pyridine rings is 1. The maximum absolute atomic E-state index is 12.1. The molecule has 0 atom stereocenters. The van der Waals surface area contributed by atoms with Crippen molar-refractivity contribution < 1.29 is 14.5 Å². The quantitative estimate of drug-likeness (QED) is 0.274. The van der Waals surface area contributed by atoms with Gasteiger partial charge in [0.25, 0.3) is 5.91 Å². The van der Waals surface area contributed by atoms with Gasteiger partial charge in [0.1, 0.15) is 12.1 Å². The zero-order valence-corrected chi connectivity index (χ0v) is 17.5. The average molecular weight is 445 g/mol. The minimum atomic E-state index is -0.634. The number of nitrogens with zero attached hydrogens (tertiary/aromatic N) is 4. The second-order valence-electron chi connectivity index (χ2n) is 6.90. The lowest BCUT2D eigenvalue weighted by atomic mass is 10.1. The minimum Gasteiger partial charge on any atom is -0.484 e. The van der Waals surface area contributed by atoms with Gasteiger partial charge in [-0.1, -0.05) is 24.3 Å². The maximum atomic E-state index is 12.1. The maximum Gasteiger partial charge on any atom is 0.355 e. The van der Waals surface area contributed by atoms with E-state index in [0.717, 1.165) is 22.9 Å². The van der Waals surface area contributed by atoms with E-state index in [-0.39, 0.29) is 18.2 Å². The Kier molecular flexibility index (Phi) is 6.21. The Labute approximate surface area is 188 Å². The summed E-state index contributed by atoms with van der Waals surface area (Å²) in [5, 5.41) is 15.5. The van der Waals surface area contributed by atoms with Crippen LogP contribution >= 0.6 is 0 Å². The van der Waals surface area contributed by atoms with E-state index in [1.807, 2.05) is 31.2 Å². The number of nitro groups is 1. The third kappa shape index (κ3) is 5.10. The molecule has 11 heteroatoms. The number of carbonyl (C=O) groups is 1. The zero-order valence-electron chi connectivity index (χ0n) is 17.5. The van der Waals surface area contributed by atoms with E-state index in [9.17, 15) is 14.9 Å². The first kappa shape index (κ1) is 21.4. The van der Waals surface area contributed by atoms with Crippen molar-refractivity contribution >= 4 is 39.8 Å². The van der Waals surface area contributed by atoms with Crippen LogP contribution in [0.25, 0.3) is 10.9 Å². The highest BCUT2D eigenvalue weighted by Crippen LogP contribution is 2.33. The van der Waals surface area contributed by atoms with Gasteiger partial charge in [-0.15, -0.1) is 0 Å². The van der Waals surface area contributed by atoms with Crippen molar-refractivity contribution in [1.29, 1.82) is 0 Å². The van der Waals surface area contributed by atoms with Crippen LogP contribution in [0.3, 0.4) is 0 Å². The SMILES string of the molecule is Cc1ccc2c(Nc3ncnc(NNC(=O)COc4ccccc4)c3[N+](=O)[O-])cccc2n1. The fourth-order valence-electron chi connectivity index (χ4n) is 3.06. The van der Waals surface area contributed by atoms with E-state index in [2.05, 4.69) is 31.1 Å². The summed E-state index contributed by atoms with van der Waals surface area (Å²) in [5.74, 6) is -0.246. The zero-order chi connectivity index (χ0) is 23.2.